The van der Waals surface area contributed by atoms with Crippen LogP contribution >= 0.6 is 0 Å². The summed E-state index contributed by atoms with van der Waals surface area (Å²) in [4.78, 5) is 10.6. The number of carbonyl (C=O) groups excluding carboxylic acids is 1. The summed E-state index contributed by atoms with van der Waals surface area (Å²) < 4.78 is 22.0. The quantitative estimate of drug-likeness (QED) is 0.0489. The van der Waals surface area contributed by atoms with Gasteiger partial charge in [0.2, 0.25) is 0 Å². The molecule has 298 valence electrons. The van der Waals surface area contributed by atoms with E-state index in [-0.39, 0.29) is 12.7 Å². The van der Waals surface area contributed by atoms with Gasteiger partial charge in [-0.2, -0.15) is 0 Å². The number of likely N-dealkylation sites (N-methyl/N-ethyl adjacent to an activating group) is 1. The summed E-state index contributed by atoms with van der Waals surface area (Å²) in [6.07, 6.45) is 35.0. The molecule has 0 aliphatic carbocycles. The molecule has 0 fully saturated rings. The highest BCUT2D eigenvalue weighted by Crippen LogP contribution is 2.13. The van der Waals surface area contributed by atoms with E-state index in [0.29, 0.717) is 32.3 Å². The minimum atomic E-state index is -0.139. The summed E-state index contributed by atoms with van der Waals surface area (Å²) in [7, 11) is 1.80. The standard InChI is InChI=1S/C32H64O4.C7H16O.C3H9NO/c1-3-5-7-9-11-13-15-17-19-21-23-25-27-34-29-32(30-35-31-33)36-28-26-24-22-20-18-16-14-12-10-8-6-4-2;1-4-5-6-8-7(2)3;1-4-2-3-5/h31-32H,3-30H2,1-2H3;7H,4-6H2,1-3H3;4-5H,2-3H2,1H3. The second-order valence-electron chi connectivity index (χ2n) is 13.9. The molecular weight excluding hydrogens is 614 g/mol. The van der Waals surface area contributed by atoms with Gasteiger partial charge in [0.25, 0.3) is 6.47 Å². The van der Waals surface area contributed by atoms with Crippen molar-refractivity contribution in [3.8, 4) is 0 Å². The van der Waals surface area contributed by atoms with Crippen molar-refractivity contribution in [2.24, 2.45) is 0 Å². The first-order valence-corrected chi connectivity index (χ1v) is 21.1. The summed E-state index contributed by atoms with van der Waals surface area (Å²) in [5.41, 5.74) is 0. The lowest BCUT2D eigenvalue weighted by atomic mass is 10.1. The number of nitrogens with one attached hydrogen (secondary N) is 1. The van der Waals surface area contributed by atoms with Crippen LogP contribution in [0.1, 0.15) is 202 Å². The Hall–Kier alpha value is -0.730. The van der Waals surface area contributed by atoms with Gasteiger partial charge in [-0.25, -0.2) is 0 Å². The zero-order valence-electron chi connectivity index (χ0n) is 34.1. The zero-order chi connectivity index (χ0) is 36.7. The van der Waals surface area contributed by atoms with Crippen LogP contribution in [0.5, 0.6) is 0 Å². The average molecular weight is 704 g/mol. The predicted molar refractivity (Wildman–Crippen MR) is 212 cm³/mol. The summed E-state index contributed by atoms with van der Waals surface area (Å²) in [6, 6.07) is 0. The van der Waals surface area contributed by atoms with Crippen molar-refractivity contribution in [2.75, 3.05) is 53.2 Å². The molecule has 0 aromatic rings. The second kappa shape index (κ2) is 51.6. The fourth-order valence-electron chi connectivity index (χ4n) is 5.32. The predicted octanol–water partition coefficient (Wildman–Crippen LogP) is 11.4. The smallest absolute Gasteiger partial charge is 0.293 e. The Kier molecular flexibility index (Phi) is 55.5. The molecule has 1 unspecified atom stereocenters. The van der Waals surface area contributed by atoms with Gasteiger partial charge < -0.3 is 29.4 Å². The van der Waals surface area contributed by atoms with Crippen molar-refractivity contribution >= 4 is 6.47 Å². The number of hydrogen-bond acceptors (Lipinski definition) is 7. The van der Waals surface area contributed by atoms with Crippen LogP contribution in [0.25, 0.3) is 0 Å². The molecule has 2 N–H and O–H groups in total. The lowest BCUT2D eigenvalue weighted by Gasteiger charge is -2.17. The van der Waals surface area contributed by atoms with Crippen LogP contribution in [0.2, 0.25) is 0 Å². The Morgan fingerprint density at radius 3 is 1.27 bits per heavy atom. The number of aliphatic hydroxyl groups is 1. The maximum Gasteiger partial charge on any atom is 0.293 e. The van der Waals surface area contributed by atoms with Crippen molar-refractivity contribution in [1.82, 2.24) is 5.32 Å². The number of rotatable bonds is 38. The van der Waals surface area contributed by atoms with E-state index in [9.17, 15) is 4.79 Å². The summed E-state index contributed by atoms with van der Waals surface area (Å²) >= 11 is 0. The van der Waals surface area contributed by atoms with Gasteiger partial charge in [-0.3, -0.25) is 4.79 Å². The molecule has 0 aromatic heterocycles. The molecule has 7 nitrogen and oxygen atoms in total. The average Bonchev–Trinajstić information content (AvgIpc) is 3.10. The van der Waals surface area contributed by atoms with Gasteiger partial charge in [-0.1, -0.05) is 168 Å². The molecule has 0 amide bonds. The van der Waals surface area contributed by atoms with Gasteiger partial charge in [0, 0.05) is 26.4 Å². The van der Waals surface area contributed by atoms with Crippen LogP contribution in [-0.2, 0) is 23.7 Å². The third kappa shape index (κ3) is 56.9. The van der Waals surface area contributed by atoms with E-state index >= 15 is 0 Å². The van der Waals surface area contributed by atoms with E-state index in [0.717, 1.165) is 32.7 Å². The van der Waals surface area contributed by atoms with Gasteiger partial charge in [0.1, 0.15) is 12.7 Å². The third-order valence-electron chi connectivity index (χ3n) is 8.46. The fourth-order valence-corrected chi connectivity index (χ4v) is 5.32. The minimum Gasteiger partial charge on any atom is -0.465 e. The van der Waals surface area contributed by atoms with Crippen LogP contribution in [0.4, 0.5) is 0 Å². The van der Waals surface area contributed by atoms with Gasteiger partial charge in [0.15, 0.2) is 0 Å². The summed E-state index contributed by atoms with van der Waals surface area (Å²) in [6.45, 7) is 15.5. The lowest BCUT2D eigenvalue weighted by Crippen LogP contribution is -2.26. The largest absolute Gasteiger partial charge is 0.465 e. The van der Waals surface area contributed by atoms with Crippen molar-refractivity contribution in [3.63, 3.8) is 0 Å². The third-order valence-corrected chi connectivity index (χ3v) is 8.46. The van der Waals surface area contributed by atoms with E-state index < -0.39 is 0 Å². The fraction of sp³-hybridized carbons (Fsp3) is 0.976. The number of carbonyl (C=O) groups is 1. The van der Waals surface area contributed by atoms with Crippen LogP contribution < -0.4 is 5.32 Å². The number of unbranched alkanes of at least 4 members (excludes halogenated alkanes) is 23. The SMILES string of the molecule is CCCCCCCCCCCCCCOCC(COC=O)OCCCCCCCCCCCCCC.CCCCOC(C)C.CNCCO. The maximum absolute atomic E-state index is 10.6. The van der Waals surface area contributed by atoms with Crippen LogP contribution in [0, 0.1) is 0 Å². The topological polar surface area (TPSA) is 86.3 Å². The zero-order valence-corrected chi connectivity index (χ0v) is 34.1. The highest BCUT2D eigenvalue weighted by Gasteiger charge is 2.10. The van der Waals surface area contributed by atoms with Crippen molar-refractivity contribution < 1.29 is 28.8 Å². The molecule has 0 heterocycles. The van der Waals surface area contributed by atoms with E-state index in [1.54, 1.807) is 7.05 Å². The molecule has 0 saturated carbocycles. The Morgan fingerprint density at radius 1 is 0.531 bits per heavy atom. The molecule has 0 bridgehead atoms. The van der Waals surface area contributed by atoms with E-state index in [1.807, 2.05) is 0 Å². The number of aliphatic hydroxyl groups excluding tert-OH is 1. The van der Waals surface area contributed by atoms with E-state index in [4.69, 9.17) is 24.1 Å². The first-order valence-electron chi connectivity index (χ1n) is 21.1. The van der Waals surface area contributed by atoms with Crippen LogP contribution in [0.15, 0.2) is 0 Å². The number of ether oxygens (including phenoxy) is 4. The Morgan fingerprint density at radius 2 is 0.918 bits per heavy atom. The molecule has 0 aromatic carbocycles. The Labute approximate surface area is 307 Å². The first kappa shape index (κ1) is 52.6. The molecule has 1 atom stereocenters. The van der Waals surface area contributed by atoms with Crippen LogP contribution in [0.3, 0.4) is 0 Å². The molecule has 0 radical (unpaired) electrons. The Balaban J connectivity index is -0.00000136. The normalized spacial score (nSPS) is 11.5. The maximum atomic E-state index is 10.6. The monoisotopic (exact) mass is 704 g/mol. The molecule has 0 saturated heterocycles. The van der Waals surface area contributed by atoms with E-state index in [2.05, 4.69) is 39.9 Å². The van der Waals surface area contributed by atoms with E-state index in [1.165, 1.54) is 154 Å². The highest BCUT2D eigenvalue weighted by molar-refractivity contribution is 5.36. The molecule has 0 aliphatic heterocycles. The number of hydrogen-bond donors (Lipinski definition) is 2. The first-order chi connectivity index (χ1) is 24.0. The van der Waals surface area contributed by atoms with Crippen molar-refractivity contribution in [3.05, 3.63) is 0 Å². The van der Waals surface area contributed by atoms with Gasteiger partial charge in [0.05, 0.1) is 19.3 Å². The molecule has 7 heteroatoms. The van der Waals surface area contributed by atoms with Crippen LogP contribution in [-0.4, -0.2) is 77.0 Å². The lowest BCUT2D eigenvalue weighted by molar-refractivity contribution is -0.135. The molecule has 0 rings (SSSR count). The molecule has 0 spiro atoms. The highest BCUT2D eigenvalue weighted by atomic mass is 16.6. The van der Waals surface area contributed by atoms with Gasteiger partial charge >= 0.3 is 0 Å². The minimum absolute atomic E-state index is 0.139. The van der Waals surface area contributed by atoms with Crippen molar-refractivity contribution in [1.29, 1.82) is 0 Å². The van der Waals surface area contributed by atoms with Gasteiger partial charge in [-0.15, -0.1) is 0 Å². The molecule has 0 aliphatic rings. The second-order valence-corrected chi connectivity index (χ2v) is 13.9. The molecular formula is C42H89NO6. The Bertz CT molecular complexity index is 549. The molecule has 49 heavy (non-hydrogen) atoms. The van der Waals surface area contributed by atoms with Gasteiger partial charge in [-0.05, 0) is 40.2 Å². The summed E-state index contributed by atoms with van der Waals surface area (Å²) in [5.74, 6) is 0. The van der Waals surface area contributed by atoms with Crippen molar-refractivity contribution in [2.45, 2.75) is 214 Å². The summed E-state index contributed by atoms with van der Waals surface area (Å²) in [5, 5.41) is 10.8.